The van der Waals surface area contributed by atoms with Crippen molar-refractivity contribution in [2.75, 3.05) is 6.54 Å². The van der Waals surface area contributed by atoms with Gasteiger partial charge in [-0.25, -0.2) is 0 Å². The van der Waals surface area contributed by atoms with E-state index in [1.165, 1.54) is 0 Å². The maximum Gasteiger partial charge on any atom is 0.401 e. The lowest BCUT2D eigenvalue weighted by Crippen LogP contribution is -2.50. The Morgan fingerprint density at radius 3 is 2.67 bits per heavy atom. The molecule has 86 valence electrons. The van der Waals surface area contributed by atoms with Crippen LogP contribution in [0.4, 0.5) is 13.2 Å². The normalized spacial score (nSPS) is 32.3. The highest BCUT2D eigenvalue weighted by Gasteiger charge is 2.38. The first-order chi connectivity index (χ1) is 6.87. The number of alkyl halides is 3. The SMILES string of the molecule is CC1CCCC(C#N)(NCC(F)(F)F)C1. The molecule has 1 aliphatic carbocycles. The lowest BCUT2D eigenvalue weighted by Gasteiger charge is -2.35. The molecule has 0 heterocycles. The molecule has 0 radical (unpaired) electrons. The van der Waals surface area contributed by atoms with E-state index in [0.29, 0.717) is 18.8 Å². The second kappa shape index (κ2) is 4.40. The fraction of sp³-hybridized carbons (Fsp3) is 0.900. The molecule has 0 aromatic carbocycles. The van der Waals surface area contributed by atoms with Gasteiger partial charge in [-0.3, -0.25) is 5.32 Å². The topological polar surface area (TPSA) is 35.8 Å². The van der Waals surface area contributed by atoms with Gasteiger partial charge in [-0.1, -0.05) is 19.8 Å². The zero-order chi connectivity index (χ0) is 11.5. The van der Waals surface area contributed by atoms with Crippen LogP contribution >= 0.6 is 0 Å². The third-order valence-electron chi connectivity index (χ3n) is 2.84. The maximum absolute atomic E-state index is 12.0. The molecule has 1 saturated carbocycles. The summed E-state index contributed by atoms with van der Waals surface area (Å²) in [6.45, 7) is 0.897. The van der Waals surface area contributed by atoms with Crippen LogP contribution in [0.25, 0.3) is 0 Å². The van der Waals surface area contributed by atoms with Crippen LogP contribution in [0, 0.1) is 17.2 Å². The summed E-state index contributed by atoms with van der Waals surface area (Å²) in [4.78, 5) is 0. The third-order valence-corrected chi connectivity index (χ3v) is 2.84. The van der Waals surface area contributed by atoms with Gasteiger partial charge in [0.05, 0.1) is 12.6 Å². The first-order valence-corrected chi connectivity index (χ1v) is 5.10. The van der Waals surface area contributed by atoms with Crippen LogP contribution in [-0.4, -0.2) is 18.3 Å². The Kier molecular flexibility index (Phi) is 3.61. The van der Waals surface area contributed by atoms with Crippen LogP contribution in [-0.2, 0) is 0 Å². The third kappa shape index (κ3) is 3.71. The van der Waals surface area contributed by atoms with E-state index in [9.17, 15) is 13.2 Å². The maximum atomic E-state index is 12.0. The molecule has 0 bridgehead atoms. The molecule has 0 aromatic heterocycles. The van der Waals surface area contributed by atoms with E-state index in [0.717, 1.165) is 12.8 Å². The van der Waals surface area contributed by atoms with Crippen LogP contribution in [0.3, 0.4) is 0 Å². The van der Waals surface area contributed by atoms with E-state index >= 15 is 0 Å². The summed E-state index contributed by atoms with van der Waals surface area (Å²) >= 11 is 0. The van der Waals surface area contributed by atoms with E-state index in [1.807, 2.05) is 13.0 Å². The lowest BCUT2D eigenvalue weighted by molar-refractivity contribution is -0.128. The van der Waals surface area contributed by atoms with Crippen molar-refractivity contribution in [3.05, 3.63) is 0 Å². The minimum atomic E-state index is -4.25. The summed E-state index contributed by atoms with van der Waals surface area (Å²) < 4.78 is 36.1. The summed E-state index contributed by atoms with van der Waals surface area (Å²) in [5.74, 6) is 0.319. The molecule has 0 aromatic rings. The molecule has 1 fully saturated rings. The number of rotatable bonds is 2. The fourth-order valence-corrected chi connectivity index (χ4v) is 2.12. The number of hydrogen-bond acceptors (Lipinski definition) is 2. The van der Waals surface area contributed by atoms with Crippen molar-refractivity contribution in [3.8, 4) is 6.07 Å². The molecule has 2 atom stereocenters. The van der Waals surface area contributed by atoms with Crippen molar-refractivity contribution < 1.29 is 13.2 Å². The summed E-state index contributed by atoms with van der Waals surface area (Å²) in [6.07, 6.45) is -1.40. The van der Waals surface area contributed by atoms with Crippen LogP contribution in [0.2, 0.25) is 0 Å². The molecule has 0 amide bonds. The minimum Gasteiger partial charge on any atom is -0.291 e. The summed E-state index contributed by atoms with van der Waals surface area (Å²) in [5.41, 5.74) is -0.965. The first kappa shape index (κ1) is 12.3. The molecule has 1 aliphatic rings. The van der Waals surface area contributed by atoms with Crippen molar-refractivity contribution in [3.63, 3.8) is 0 Å². The minimum absolute atomic E-state index is 0.319. The summed E-state index contributed by atoms with van der Waals surface area (Å²) in [7, 11) is 0. The number of hydrogen-bond donors (Lipinski definition) is 1. The Bertz CT molecular complexity index is 256. The average molecular weight is 220 g/mol. The van der Waals surface area contributed by atoms with Crippen molar-refractivity contribution in [2.24, 2.45) is 5.92 Å². The van der Waals surface area contributed by atoms with E-state index in [-0.39, 0.29) is 0 Å². The van der Waals surface area contributed by atoms with Crippen LogP contribution in [0.15, 0.2) is 0 Å². The number of nitrogens with zero attached hydrogens (tertiary/aromatic N) is 1. The molecule has 15 heavy (non-hydrogen) atoms. The first-order valence-electron chi connectivity index (χ1n) is 5.10. The van der Waals surface area contributed by atoms with Gasteiger partial charge < -0.3 is 0 Å². The molecule has 0 saturated heterocycles. The van der Waals surface area contributed by atoms with E-state index in [4.69, 9.17) is 5.26 Å². The van der Waals surface area contributed by atoms with E-state index in [1.54, 1.807) is 0 Å². The van der Waals surface area contributed by atoms with Gasteiger partial charge in [-0.05, 0) is 18.8 Å². The van der Waals surface area contributed by atoms with Crippen molar-refractivity contribution in [2.45, 2.75) is 44.3 Å². The standard InChI is InChI=1S/C10H15F3N2/c1-8-3-2-4-9(5-8,6-14)15-7-10(11,12)13/h8,15H,2-5,7H2,1H3. The Morgan fingerprint density at radius 1 is 1.53 bits per heavy atom. The molecule has 0 aliphatic heterocycles. The molecular formula is C10H15F3N2. The van der Waals surface area contributed by atoms with Gasteiger partial charge in [0.2, 0.25) is 0 Å². The van der Waals surface area contributed by atoms with Gasteiger partial charge in [0.1, 0.15) is 5.54 Å². The van der Waals surface area contributed by atoms with Crippen LogP contribution < -0.4 is 5.32 Å². The van der Waals surface area contributed by atoms with E-state index in [2.05, 4.69) is 5.32 Å². The van der Waals surface area contributed by atoms with Crippen LogP contribution in [0.1, 0.15) is 32.6 Å². The highest BCUT2D eigenvalue weighted by molar-refractivity contribution is 5.09. The molecule has 2 unspecified atom stereocenters. The molecule has 5 heteroatoms. The van der Waals surface area contributed by atoms with Crippen molar-refractivity contribution >= 4 is 0 Å². The number of nitrogens with one attached hydrogen (secondary N) is 1. The largest absolute Gasteiger partial charge is 0.401 e. The second-order valence-electron chi connectivity index (χ2n) is 4.36. The average Bonchev–Trinajstić information content (AvgIpc) is 2.14. The molecule has 2 nitrogen and oxygen atoms in total. The fourth-order valence-electron chi connectivity index (χ4n) is 2.12. The number of halogens is 3. The molecule has 1 N–H and O–H groups in total. The summed E-state index contributed by atoms with van der Waals surface area (Å²) in [5, 5.41) is 11.3. The van der Waals surface area contributed by atoms with Gasteiger partial charge in [-0.2, -0.15) is 18.4 Å². The molecular weight excluding hydrogens is 205 g/mol. The number of nitriles is 1. The van der Waals surface area contributed by atoms with Gasteiger partial charge >= 0.3 is 6.18 Å². The smallest absolute Gasteiger partial charge is 0.291 e. The highest BCUT2D eigenvalue weighted by Crippen LogP contribution is 2.32. The van der Waals surface area contributed by atoms with Crippen LogP contribution in [0.5, 0.6) is 0 Å². The predicted molar refractivity (Wildman–Crippen MR) is 50.0 cm³/mol. The second-order valence-corrected chi connectivity index (χ2v) is 4.36. The molecule has 1 rings (SSSR count). The Hall–Kier alpha value is -0.760. The lowest BCUT2D eigenvalue weighted by atomic mass is 9.77. The predicted octanol–water partition coefficient (Wildman–Crippen LogP) is 2.61. The monoisotopic (exact) mass is 220 g/mol. The van der Waals surface area contributed by atoms with Gasteiger partial charge in [0.15, 0.2) is 0 Å². The van der Waals surface area contributed by atoms with Crippen molar-refractivity contribution in [1.29, 1.82) is 5.26 Å². The van der Waals surface area contributed by atoms with Crippen molar-refractivity contribution in [1.82, 2.24) is 5.32 Å². The Morgan fingerprint density at radius 2 is 2.20 bits per heavy atom. The van der Waals surface area contributed by atoms with Gasteiger partial charge in [0, 0.05) is 0 Å². The quantitative estimate of drug-likeness (QED) is 0.776. The van der Waals surface area contributed by atoms with Gasteiger partial charge in [-0.15, -0.1) is 0 Å². The zero-order valence-electron chi connectivity index (χ0n) is 8.69. The highest BCUT2D eigenvalue weighted by atomic mass is 19.4. The van der Waals surface area contributed by atoms with Gasteiger partial charge in [0.25, 0.3) is 0 Å². The Balaban J connectivity index is 2.57. The molecule has 0 spiro atoms. The Labute approximate surface area is 87.5 Å². The summed E-state index contributed by atoms with van der Waals surface area (Å²) in [6, 6.07) is 2.01. The van der Waals surface area contributed by atoms with E-state index < -0.39 is 18.3 Å². The zero-order valence-corrected chi connectivity index (χ0v) is 8.69.